The molecule has 4 rings (SSSR count). The molecule has 6 nitrogen and oxygen atoms in total. The highest BCUT2D eigenvalue weighted by Gasteiger charge is 2.29. The van der Waals surface area contributed by atoms with Crippen LogP contribution in [0.25, 0.3) is 17.2 Å². The summed E-state index contributed by atoms with van der Waals surface area (Å²) in [4.78, 5) is 12.8. The number of aromatic nitrogens is 5. The van der Waals surface area contributed by atoms with E-state index >= 15 is 0 Å². The van der Waals surface area contributed by atoms with Gasteiger partial charge < -0.3 is 4.52 Å². The number of nitrogens with zero attached hydrogens (tertiary/aromatic N) is 5. The van der Waals surface area contributed by atoms with Crippen LogP contribution in [0.15, 0.2) is 41.6 Å². The number of pyridine rings is 1. The summed E-state index contributed by atoms with van der Waals surface area (Å²) in [5, 5.41) is 3.99. The minimum atomic E-state index is 0.472. The first-order valence-electron chi connectivity index (χ1n) is 6.18. The molecule has 1 aliphatic carbocycles. The molecule has 0 N–H and O–H groups in total. The van der Waals surface area contributed by atoms with Crippen molar-refractivity contribution in [1.29, 1.82) is 0 Å². The zero-order chi connectivity index (χ0) is 12.7. The minimum absolute atomic E-state index is 0.472. The van der Waals surface area contributed by atoms with Crippen molar-refractivity contribution >= 4 is 0 Å². The van der Waals surface area contributed by atoms with E-state index in [0.29, 0.717) is 11.7 Å². The lowest BCUT2D eigenvalue weighted by Gasteiger charge is -2.00. The van der Waals surface area contributed by atoms with Gasteiger partial charge in [0.25, 0.3) is 0 Å². The average Bonchev–Trinajstić information content (AvgIpc) is 2.97. The van der Waals surface area contributed by atoms with E-state index in [2.05, 4.69) is 20.1 Å². The van der Waals surface area contributed by atoms with Crippen molar-refractivity contribution in [2.75, 3.05) is 0 Å². The lowest BCUT2D eigenvalue weighted by Crippen LogP contribution is -1.94. The summed E-state index contributed by atoms with van der Waals surface area (Å²) in [6, 6.07) is 3.84. The van der Waals surface area contributed by atoms with Gasteiger partial charge in [0.05, 0.1) is 0 Å². The second-order valence-electron chi connectivity index (χ2n) is 4.61. The predicted molar refractivity (Wildman–Crippen MR) is 66.6 cm³/mol. The fourth-order valence-corrected chi connectivity index (χ4v) is 1.91. The van der Waals surface area contributed by atoms with Crippen LogP contribution in [0.5, 0.6) is 0 Å². The summed E-state index contributed by atoms with van der Waals surface area (Å²) in [7, 11) is 0. The summed E-state index contributed by atoms with van der Waals surface area (Å²) in [5.41, 5.74) is 0.861. The van der Waals surface area contributed by atoms with E-state index in [1.165, 1.54) is 0 Å². The van der Waals surface area contributed by atoms with Gasteiger partial charge in [-0.25, -0.2) is 9.97 Å². The summed E-state index contributed by atoms with van der Waals surface area (Å²) >= 11 is 0. The van der Waals surface area contributed by atoms with Gasteiger partial charge in [-0.3, -0.25) is 4.57 Å². The zero-order valence-electron chi connectivity index (χ0n) is 10.1. The quantitative estimate of drug-likeness (QED) is 0.715. The average molecular weight is 253 g/mol. The van der Waals surface area contributed by atoms with Gasteiger partial charge in [-0.2, -0.15) is 4.98 Å². The molecule has 19 heavy (non-hydrogen) atoms. The highest BCUT2D eigenvalue weighted by atomic mass is 16.5. The van der Waals surface area contributed by atoms with E-state index in [-0.39, 0.29) is 0 Å². The Morgan fingerprint density at radius 3 is 2.89 bits per heavy atom. The molecule has 1 saturated carbocycles. The Kier molecular flexibility index (Phi) is 2.20. The first-order chi connectivity index (χ1) is 9.40. The minimum Gasteiger partial charge on any atom is -0.339 e. The topological polar surface area (TPSA) is 69.6 Å². The second kappa shape index (κ2) is 4.01. The van der Waals surface area contributed by atoms with Crippen molar-refractivity contribution < 1.29 is 4.52 Å². The van der Waals surface area contributed by atoms with Crippen LogP contribution >= 0.6 is 0 Å². The fraction of sp³-hybridized carbons (Fsp3) is 0.231. The van der Waals surface area contributed by atoms with E-state index in [1.807, 2.05) is 22.9 Å². The molecule has 0 bridgehead atoms. The number of hydrogen-bond acceptors (Lipinski definition) is 5. The van der Waals surface area contributed by atoms with Crippen molar-refractivity contribution in [1.82, 2.24) is 24.7 Å². The molecule has 3 heterocycles. The molecule has 0 amide bonds. The van der Waals surface area contributed by atoms with Gasteiger partial charge in [-0.15, -0.1) is 0 Å². The maximum absolute atomic E-state index is 5.24. The van der Waals surface area contributed by atoms with Crippen molar-refractivity contribution in [3.8, 4) is 17.2 Å². The summed E-state index contributed by atoms with van der Waals surface area (Å²) in [5.74, 6) is 2.63. The van der Waals surface area contributed by atoms with Gasteiger partial charge in [-0.05, 0) is 25.0 Å². The Labute approximate surface area is 109 Å². The molecule has 0 aromatic carbocycles. The van der Waals surface area contributed by atoms with E-state index < -0.39 is 0 Å². The smallest absolute Gasteiger partial charge is 0.230 e. The normalized spacial score (nSPS) is 14.7. The Morgan fingerprint density at radius 2 is 2.21 bits per heavy atom. The lowest BCUT2D eigenvalue weighted by molar-refractivity contribution is 0.380. The Morgan fingerprint density at radius 1 is 1.26 bits per heavy atom. The Balaban J connectivity index is 1.64. The van der Waals surface area contributed by atoms with Gasteiger partial charge in [0.1, 0.15) is 12.1 Å². The van der Waals surface area contributed by atoms with Crippen LogP contribution in [0.1, 0.15) is 24.7 Å². The molecule has 0 spiro atoms. The number of rotatable bonds is 3. The lowest BCUT2D eigenvalue weighted by atomic mass is 10.2. The molecular formula is C13H11N5O. The van der Waals surface area contributed by atoms with Crippen molar-refractivity contribution in [2.45, 2.75) is 18.8 Å². The third-order valence-electron chi connectivity index (χ3n) is 3.14. The summed E-state index contributed by atoms with van der Waals surface area (Å²) < 4.78 is 7.08. The second-order valence-corrected chi connectivity index (χ2v) is 4.61. The monoisotopic (exact) mass is 253 g/mol. The van der Waals surface area contributed by atoms with E-state index in [1.54, 1.807) is 18.7 Å². The molecule has 6 heteroatoms. The maximum Gasteiger partial charge on any atom is 0.230 e. The van der Waals surface area contributed by atoms with Crippen LogP contribution in [-0.4, -0.2) is 24.7 Å². The maximum atomic E-state index is 5.24. The van der Waals surface area contributed by atoms with Crippen LogP contribution in [0, 0.1) is 0 Å². The van der Waals surface area contributed by atoms with Gasteiger partial charge >= 0.3 is 0 Å². The first-order valence-corrected chi connectivity index (χ1v) is 6.18. The molecule has 3 aromatic rings. The van der Waals surface area contributed by atoms with Crippen molar-refractivity contribution in [3.63, 3.8) is 0 Å². The molecule has 0 radical (unpaired) electrons. The molecule has 94 valence electrons. The largest absolute Gasteiger partial charge is 0.339 e. The fourth-order valence-electron chi connectivity index (χ4n) is 1.91. The number of imidazole rings is 1. The highest BCUT2D eigenvalue weighted by Crippen LogP contribution is 2.39. The zero-order valence-corrected chi connectivity index (χ0v) is 10.1. The first kappa shape index (κ1) is 10.4. The molecule has 0 aliphatic heterocycles. The van der Waals surface area contributed by atoms with E-state index in [0.717, 1.165) is 30.1 Å². The van der Waals surface area contributed by atoms with Crippen molar-refractivity contribution in [3.05, 3.63) is 42.9 Å². The van der Waals surface area contributed by atoms with E-state index in [4.69, 9.17) is 4.52 Å². The van der Waals surface area contributed by atoms with Crippen LogP contribution in [0.4, 0.5) is 0 Å². The summed E-state index contributed by atoms with van der Waals surface area (Å²) in [6.45, 7) is 0. The van der Waals surface area contributed by atoms with Crippen molar-refractivity contribution in [2.24, 2.45) is 0 Å². The molecule has 1 fully saturated rings. The van der Waals surface area contributed by atoms with Crippen LogP contribution in [0.2, 0.25) is 0 Å². The molecule has 1 aliphatic rings. The SMILES string of the molecule is c1cn(-c2ccc(-c3noc(C4CC4)n3)cn2)cn1. The van der Waals surface area contributed by atoms with Gasteiger partial charge in [0.2, 0.25) is 11.7 Å². The standard InChI is InChI=1S/C13H11N5O/c1-2-9(1)13-16-12(17-19-13)10-3-4-11(15-7-10)18-6-5-14-8-18/h3-9H,1-2H2. The van der Waals surface area contributed by atoms with Gasteiger partial charge in [-0.1, -0.05) is 5.16 Å². The Hall–Kier alpha value is -2.50. The molecular weight excluding hydrogens is 242 g/mol. The third kappa shape index (κ3) is 1.91. The predicted octanol–water partition coefficient (Wildman–Crippen LogP) is 2.19. The molecule has 0 saturated heterocycles. The number of hydrogen-bond donors (Lipinski definition) is 0. The molecule has 3 aromatic heterocycles. The van der Waals surface area contributed by atoms with E-state index in [9.17, 15) is 0 Å². The summed E-state index contributed by atoms with van der Waals surface area (Å²) in [6.07, 6.45) is 9.33. The van der Waals surface area contributed by atoms with Crippen LogP contribution in [0.3, 0.4) is 0 Å². The van der Waals surface area contributed by atoms with Gasteiger partial charge in [0.15, 0.2) is 0 Å². The Bertz CT molecular complexity index is 682. The molecule has 0 atom stereocenters. The highest BCUT2D eigenvalue weighted by molar-refractivity contribution is 5.53. The van der Waals surface area contributed by atoms with Crippen LogP contribution in [-0.2, 0) is 0 Å². The third-order valence-corrected chi connectivity index (χ3v) is 3.14. The van der Waals surface area contributed by atoms with Crippen LogP contribution < -0.4 is 0 Å². The molecule has 0 unspecified atom stereocenters. The van der Waals surface area contributed by atoms with Gasteiger partial charge in [0, 0.05) is 30.1 Å².